The minimum Gasteiger partial charge on any atom is -0.346 e. The van der Waals surface area contributed by atoms with Crippen LogP contribution in [0.4, 0.5) is 5.00 Å². The van der Waals surface area contributed by atoms with Gasteiger partial charge in [-0.2, -0.15) is 0 Å². The molecule has 0 saturated carbocycles. The number of nitrogens with zero attached hydrogens (tertiary/aromatic N) is 3. The fraction of sp³-hybridized carbons (Fsp3) is 0.235. The van der Waals surface area contributed by atoms with E-state index in [9.17, 15) is 10.1 Å². The zero-order valence-electron chi connectivity index (χ0n) is 12.9. The van der Waals surface area contributed by atoms with Crippen LogP contribution in [0.1, 0.15) is 17.5 Å². The summed E-state index contributed by atoms with van der Waals surface area (Å²) in [5.41, 5.74) is 4.49. The maximum Gasteiger partial charge on any atom is 0.324 e. The third-order valence-corrected chi connectivity index (χ3v) is 5.25. The summed E-state index contributed by atoms with van der Waals surface area (Å²) in [6, 6.07) is 5.72. The molecular weight excluding hydrogens is 324 g/mol. The molecule has 0 amide bonds. The van der Waals surface area contributed by atoms with Gasteiger partial charge in [-0.25, -0.2) is 4.98 Å². The topological polar surface area (TPSA) is 75.1 Å². The van der Waals surface area contributed by atoms with Crippen LogP contribution in [0, 0.1) is 10.1 Å². The second-order valence-corrected chi connectivity index (χ2v) is 6.76. The van der Waals surface area contributed by atoms with Crippen molar-refractivity contribution in [3.05, 3.63) is 63.3 Å². The van der Waals surface area contributed by atoms with Crippen LogP contribution in [-0.4, -0.2) is 32.9 Å². The van der Waals surface area contributed by atoms with Gasteiger partial charge in [0, 0.05) is 54.4 Å². The quantitative estimate of drug-likeness (QED) is 0.579. The van der Waals surface area contributed by atoms with Crippen LogP contribution in [-0.2, 0) is 6.54 Å². The van der Waals surface area contributed by atoms with Crippen LogP contribution in [0.3, 0.4) is 0 Å². The first-order valence-corrected chi connectivity index (χ1v) is 8.64. The Kier molecular flexibility index (Phi) is 3.87. The summed E-state index contributed by atoms with van der Waals surface area (Å²) in [5, 5.41) is 14.0. The molecule has 3 aromatic rings. The molecule has 0 fully saturated rings. The molecule has 4 heterocycles. The van der Waals surface area contributed by atoms with E-state index in [1.165, 1.54) is 22.5 Å². The van der Waals surface area contributed by atoms with Gasteiger partial charge < -0.3 is 4.98 Å². The molecule has 0 atom stereocenters. The van der Waals surface area contributed by atoms with E-state index in [1.54, 1.807) is 12.3 Å². The number of aromatic nitrogens is 2. The number of pyridine rings is 1. The van der Waals surface area contributed by atoms with Crippen LogP contribution < -0.4 is 0 Å². The zero-order chi connectivity index (χ0) is 16.5. The number of fused-ring (bicyclic) bond motifs is 1. The summed E-state index contributed by atoms with van der Waals surface area (Å²) < 4.78 is 0. The number of hydrogen-bond acceptors (Lipinski definition) is 5. The largest absolute Gasteiger partial charge is 0.346 e. The van der Waals surface area contributed by atoms with Gasteiger partial charge in [0.1, 0.15) is 5.65 Å². The SMILES string of the molecule is O=[N+]([O-])c1cc(CN2CC=C(c3c[nH]c4ncccc34)CC2)cs1. The molecule has 4 rings (SSSR count). The van der Waals surface area contributed by atoms with Crippen LogP contribution >= 0.6 is 11.3 Å². The van der Waals surface area contributed by atoms with Crippen molar-refractivity contribution in [2.45, 2.75) is 13.0 Å². The molecule has 7 heteroatoms. The second kappa shape index (κ2) is 6.18. The molecule has 0 aromatic carbocycles. The van der Waals surface area contributed by atoms with Gasteiger partial charge in [0.2, 0.25) is 0 Å². The molecule has 0 aliphatic carbocycles. The number of H-pyrrole nitrogens is 1. The Labute approximate surface area is 142 Å². The molecule has 122 valence electrons. The van der Waals surface area contributed by atoms with E-state index in [4.69, 9.17) is 0 Å². The van der Waals surface area contributed by atoms with Gasteiger partial charge in [0.05, 0.1) is 4.92 Å². The number of aromatic amines is 1. The van der Waals surface area contributed by atoms with Crippen molar-refractivity contribution in [3.63, 3.8) is 0 Å². The summed E-state index contributed by atoms with van der Waals surface area (Å²) in [5.74, 6) is 0. The fourth-order valence-corrected chi connectivity index (χ4v) is 3.84. The molecule has 0 spiro atoms. The average molecular weight is 340 g/mol. The average Bonchev–Trinajstić information content (AvgIpc) is 3.23. The highest BCUT2D eigenvalue weighted by Gasteiger charge is 2.17. The Morgan fingerprint density at radius 1 is 1.46 bits per heavy atom. The van der Waals surface area contributed by atoms with E-state index in [-0.39, 0.29) is 9.92 Å². The number of thiophene rings is 1. The first-order chi connectivity index (χ1) is 11.7. The molecule has 1 aliphatic heterocycles. The number of rotatable bonds is 4. The maximum atomic E-state index is 10.8. The fourth-order valence-electron chi connectivity index (χ4n) is 3.12. The van der Waals surface area contributed by atoms with Crippen molar-refractivity contribution < 1.29 is 4.92 Å². The van der Waals surface area contributed by atoms with Crippen molar-refractivity contribution in [2.75, 3.05) is 13.1 Å². The summed E-state index contributed by atoms with van der Waals surface area (Å²) in [7, 11) is 0. The van der Waals surface area contributed by atoms with Crippen molar-refractivity contribution in [1.82, 2.24) is 14.9 Å². The summed E-state index contributed by atoms with van der Waals surface area (Å²) >= 11 is 1.19. The minimum absolute atomic E-state index is 0.213. The molecule has 0 radical (unpaired) electrons. The van der Waals surface area contributed by atoms with Crippen molar-refractivity contribution >= 4 is 32.9 Å². The standard InChI is InChI=1S/C17H16N4O2S/c22-21(23)16-8-12(11-24-16)10-20-6-3-13(4-7-20)15-9-19-17-14(15)2-1-5-18-17/h1-3,5,8-9,11H,4,6-7,10H2,(H,18,19). The second-order valence-electron chi connectivity index (χ2n) is 5.87. The lowest BCUT2D eigenvalue weighted by Crippen LogP contribution is -2.27. The van der Waals surface area contributed by atoms with Crippen molar-refractivity contribution in [1.29, 1.82) is 0 Å². The highest BCUT2D eigenvalue weighted by molar-refractivity contribution is 7.13. The minimum atomic E-state index is -0.326. The van der Waals surface area contributed by atoms with Crippen LogP contribution in [0.15, 0.2) is 42.0 Å². The Morgan fingerprint density at radius 2 is 2.38 bits per heavy atom. The third-order valence-electron chi connectivity index (χ3n) is 4.32. The van der Waals surface area contributed by atoms with Gasteiger partial charge in [0.25, 0.3) is 0 Å². The normalized spacial score (nSPS) is 15.6. The van der Waals surface area contributed by atoms with Crippen molar-refractivity contribution in [2.24, 2.45) is 0 Å². The molecule has 24 heavy (non-hydrogen) atoms. The molecule has 0 unspecified atom stereocenters. The monoisotopic (exact) mass is 340 g/mol. The van der Waals surface area contributed by atoms with Gasteiger partial charge >= 0.3 is 5.00 Å². The number of nitro groups is 1. The van der Waals surface area contributed by atoms with Crippen LogP contribution in [0.2, 0.25) is 0 Å². The first-order valence-electron chi connectivity index (χ1n) is 7.76. The molecule has 0 saturated heterocycles. The first kappa shape index (κ1) is 15.0. The number of nitrogens with one attached hydrogen (secondary N) is 1. The lowest BCUT2D eigenvalue weighted by atomic mass is 9.99. The molecule has 6 nitrogen and oxygen atoms in total. The van der Waals surface area contributed by atoms with Gasteiger partial charge in [-0.15, -0.1) is 0 Å². The van der Waals surface area contributed by atoms with Gasteiger partial charge in [-0.05, 0) is 29.7 Å². The lowest BCUT2D eigenvalue weighted by Gasteiger charge is -2.25. The summed E-state index contributed by atoms with van der Waals surface area (Å²) in [6.45, 7) is 2.55. The predicted molar refractivity (Wildman–Crippen MR) is 94.9 cm³/mol. The van der Waals surface area contributed by atoms with Gasteiger partial charge in [-0.1, -0.05) is 17.4 Å². The van der Waals surface area contributed by atoms with E-state index in [0.29, 0.717) is 0 Å². The van der Waals surface area contributed by atoms with E-state index in [1.807, 2.05) is 17.6 Å². The Bertz CT molecular complexity index is 927. The lowest BCUT2D eigenvalue weighted by molar-refractivity contribution is -0.380. The van der Waals surface area contributed by atoms with E-state index in [0.717, 1.165) is 42.7 Å². The van der Waals surface area contributed by atoms with Crippen molar-refractivity contribution in [3.8, 4) is 0 Å². The summed E-state index contributed by atoms with van der Waals surface area (Å²) in [4.78, 5) is 20.3. The van der Waals surface area contributed by atoms with Gasteiger partial charge in [-0.3, -0.25) is 15.0 Å². The molecular formula is C17H16N4O2S. The third kappa shape index (κ3) is 2.83. The zero-order valence-corrected chi connectivity index (χ0v) is 13.8. The van der Waals surface area contributed by atoms with Gasteiger partial charge in [0.15, 0.2) is 0 Å². The number of hydrogen-bond donors (Lipinski definition) is 1. The van der Waals surface area contributed by atoms with E-state index in [2.05, 4.69) is 27.0 Å². The predicted octanol–water partition coefficient (Wildman–Crippen LogP) is 3.82. The summed E-state index contributed by atoms with van der Waals surface area (Å²) in [6.07, 6.45) is 7.04. The highest BCUT2D eigenvalue weighted by atomic mass is 32.1. The van der Waals surface area contributed by atoms with E-state index >= 15 is 0 Å². The van der Waals surface area contributed by atoms with Crippen LogP contribution in [0.5, 0.6) is 0 Å². The molecule has 1 aliphatic rings. The van der Waals surface area contributed by atoms with E-state index < -0.39 is 0 Å². The molecule has 1 N–H and O–H groups in total. The Balaban J connectivity index is 1.47. The smallest absolute Gasteiger partial charge is 0.324 e. The Morgan fingerprint density at radius 3 is 3.12 bits per heavy atom. The Hall–Kier alpha value is -2.51. The highest BCUT2D eigenvalue weighted by Crippen LogP contribution is 2.29. The molecule has 3 aromatic heterocycles. The van der Waals surface area contributed by atoms with Crippen LogP contribution in [0.25, 0.3) is 16.6 Å². The molecule has 0 bridgehead atoms. The maximum absolute atomic E-state index is 10.8.